The van der Waals surface area contributed by atoms with Gasteiger partial charge in [0.25, 0.3) is 5.91 Å². The first-order valence-corrected chi connectivity index (χ1v) is 8.14. The molecule has 21 heavy (non-hydrogen) atoms. The average Bonchev–Trinajstić information content (AvgIpc) is 2.38. The first-order valence-electron chi connectivity index (χ1n) is 6.49. The lowest BCUT2D eigenvalue weighted by atomic mass is 10.1. The lowest BCUT2D eigenvalue weighted by Crippen LogP contribution is -2.38. The molecular formula is C13H15F2NO4S. The summed E-state index contributed by atoms with van der Waals surface area (Å²) in [4.78, 5) is 11.7. The minimum atomic E-state index is -3.94. The Kier molecular flexibility index (Phi) is 4.89. The number of ether oxygens (including phenoxy) is 1. The third kappa shape index (κ3) is 4.47. The summed E-state index contributed by atoms with van der Waals surface area (Å²) in [6.07, 6.45) is 1.87. The van der Waals surface area contributed by atoms with Crippen molar-refractivity contribution in [2.24, 2.45) is 0 Å². The molecule has 1 aliphatic rings. The van der Waals surface area contributed by atoms with Crippen molar-refractivity contribution in [2.45, 2.75) is 25.4 Å². The normalized spacial score (nSPS) is 19.2. The third-order valence-corrected chi connectivity index (χ3v) is 4.41. The number of sulfonamides is 1. The molecule has 0 radical (unpaired) electrons. The lowest BCUT2D eigenvalue weighted by Gasteiger charge is -2.22. The summed E-state index contributed by atoms with van der Waals surface area (Å²) in [5, 5.41) is 0. The van der Waals surface area contributed by atoms with E-state index in [2.05, 4.69) is 0 Å². The molecule has 1 amide bonds. The molecule has 0 bridgehead atoms. The van der Waals surface area contributed by atoms with Crippen molar-refractivity contribution in [1.82, 2.24) is 4.72 Å². The number of carbonyl (C=O) groups is 1. The molecule has 0 saturated carbocycles. The van der Waals surface area contributed by atoms with Crippen molar-refractivity contribution in [3.8, 4) is 0 Å². The number of nitrogens with one attached hydrogen (secondary N) is 1. The fraction of sp³-hybridized carbons (Fsp3) is 0.462. The Morgan fingerprint density at radius 1 is 1.33 bits per heavy atom. The van der Waals surface area contributed by atoms with E-state index in [1.165, 1.54) is 0 Å². The van der Waals surface area contributed by atoms with Crippen LogP contribution in [0.4, 0.5) is 8.78 Å². The molecule has 1 aliphatic heterocycles. The van der Waals surface area contributed by atoms with Crippen molar-refractivity contribution >= 4 is 15.9 Å². The number of benzene rings is 1. The Labute approximate surface area is 121 Å². The Balaban J connectivity index is 2.03. The summed E-state index contributed by atoms with van der Waals surface area (Å²) >= 11 is 0. The van der Waals surface area contributed by atoms with Gasteiger partial charge < -0.3 is 4.74 Å². The fourth-order valence-corrected chi connectivity index (χ4v) is 3.32. The zero-order chi connectivity index (χ0) is 15.5. The quantitative estimate of drug-likeness (QED) is 0.915. The molecule has 1 heterocycles. The highest BCUT2D eigenvalue weighted by atomic mass is 32.2. The van der Waals surface area contributed by atoms with Crippen LogP contribution in [0.5, 0.6) is 0 Å². The van der Waals surface area contributed by atoms with E-state index < -0.39 is 39.2 Å². The minimum absolute atomic E-state index is 0.360. The van der Waals surface area contributed by atoms with Gasteiger partial charge in [0.15, 0.2) is 0 Å². The molecule has 8 heteroatoms. The molecule has 1 saturated heterocycles. The topological polar surface area (TPSA) is 72.5 Å². The highest BCUT2D eigenvalue weighted by Crippen LogP contribution is 2.15. The van der Waals surface area contributed by atoms with E-state index in [0.717, 1.165) is 25.0 Å². The number of carbonyl (C=O) groups excluding carboxylic acids is 1. The van der Waals surface area contributed by atoms with Crippen LogP contribution in [0.3, 0.4) is 0 Å². The first-order chi connectivity index (χ1) is 9.87. The summed E-state index contributed by atoms with van der Waals surface area (Å²) in [5.74, 6) is -3.44. The Bertz CT molecular complexity index is 627. The van der Waals surface area contributed by atoms with Crippen molar-refractivity contribution < 1.29 is 26.7 Å². The molecule has 1 N–H and O–H groups in total. The summed E-state index contributed by atoms with van der Waals surface area (Å²) in [6, 6.07) is 2.30. The third-order valence-electron chi connectivity index (χ3n) is 3.10. The van der Waals surface area contributed by atoms with Crippen LogP contribution in [0, 0.1) is 11.6 Å². The highest BCUT2D eigenvalue weighted by Gasteiger charge is 2.25. The molecule has 1 unspecified atom stereocenters. The van der Waals surface area contributed by atoms with E-state index in [9.17, 15) is 22.0 Å². The van der Waals surface area contributed by atoms with E-state index in [-0.39, 0.29) is 5.75 Å². The van der Waals surface area contributed by atoms with Gasteiger partial charge in [-0.05, 0) is 31.4 Å². The molecule has 1 fully saturated rings. The molecule has 116 valence electrons. The zero-order valence-corrected chi connectivity index (χ0v) is 12.0. The maximum Gasteiger partial charge on any atom is 0.267 e. The van der Waals surface area contributed by atoms with Gasteiger partial charge in [-0.2, -0.15) is 0 Å². The van der Waals surface area contributed by atoms with E-state index in [0.29, 0.717) is 19.1 Å². The van der Waals surface area contributed by atoms with Crippen molar-refractivity contribution in [1.29, 1.82) is 0 Å². The Morgan fingerprint density at radius 2 is 2.10 bits per heavy atom. The molecule has 0 aromatic heterocycles. The van der Waals surface area contributed by atoms with Crippen LogP contribution in [0.15, 0.2) is 18.2 Å². The van der Waals surface area contributed by atoms with Gasteiger partial charge in [-0.15, -0.1) is 0 Å². The second kappa shape index (κ2) is 6.48. The summed E-state index contributed by atoms with van der Waals surface area (Å²) in [6.45, 7) is 0.487. The van der Waals surface area contributed by atoms with Gasteiger partial charge in [-0.25, -0.2) is 21.9 Å². The number of amides is 1. The monoisotopic (exact) mass is 319 g/mol. The largest absolute Gasteiger partial charge is 0.377 e. The van der Waals surface area contributed by atoms with Gasteiger partial charge in [-0.3, -0.25) is 4.79 Å². The molecular weight excluding hydrogens is 304 g/mol. The standard InChI is InChI=1S/C13H15F2NO4S/c14-9-4-5-11(12(15)7-9)13(17)16-21(18,19)8-10-3-1-2-6-20-10/h4-5,7,10H,1-3,6,8H2,(H,16,17). The van der Waals surface area contributed by atoms with Crippen LogP contribution in [0.1, 0.15) is 29.6 Å². The van der Waals surface area contributed by atoms with E-state index in [1.54, 1.807) is 4.72 Å². The minimum Gasteiger partial charge on any atom is -0.377 e. The number of rotatable bonds is 4. The highest BCUT2D eigenvalue weighted by molar-refractivity contribution is 7.90. The predicted octanol–water partition coefficient (Wildman–Crippen LogP) is 1.59. The van der Waals surface area contributed by atoms with Crippen LogP contribution in [0.25, 0.3) is 0 Å². The van der Waals surface area contributed by atoms with Crippen molar-refractivity contribution in [3.05, 3.63) is 35.4 Å². The summed E-state index contributed by atoms with van der Waals surface area (Å²) < 4.78 is 56.9. The average molecular weight is 319 g/mol. The molecule has 5 nitrogen and oxygen atoms in total. The molecule has 0 spiro atoms. The summed E-state index contributed by atoms with van der Waals surface area (Å²) in [7, 11) is -3.94. The Hall–Kier alpha value is -1.54. The maximum absolute atomic E-state index is 13.4. The van der Waals surface area contributed by atoms with Gasteiger partial charge in [0, 0.05) is 12.7 Å². The van der Waals surface area contributed by atoms with Crippen LogP contribution in [0.2, 0.25) is 0 Å². The lowest BCUT2D eigenvalue weighted by molar-refractivity contribution is 0.0304. The van der Waals surface area contributed by atoms with Crippen LogP contribution in [-0.4, -0.2) is 32.8 Å². The zero-order valence-electron chi connectivity index (χ0n) is 11.1. The maximum atomic E-state index is 13.4. The van der Waals surface area contributed by atoms with Gasteiger partial charge in [0.05, 0.1) is 17.4 Å². The second-order valence-electron chi connectivity index (χ2n) is 4.83. The molecule has 0 aliphatic carbocycles. The first kappa shape index (κ1) is 15.8. The van der Waals surface area contributed by atoms with E-state index in [1.807, 2.05) is 0 Å². The van der Waals surface area contributed by atoms with Crippen LogP contribution in [-0.2, 0) is 14.8 Å². The fourth-order valence-electron chi connectivity index (χ4n) is 2.10. The molecule has 1 aromatic carbocycles. The molecule has 1 atom stereocenters. The smallest absolute Gasteiger partial charge is 0.267 e. The van der Waals surface area contributed by atoms with E-state index >= 15 is 0 Å². The number of hydrogen-bond acceptors (Lipinski definition) is 4. The van der Waals surface area contributed by atoms with Gasteiger partial charge in [-0.1, -0.05) is 0 Å². The van der Waals surface area contributed by atoms with Gasteiger partial charge >= 0.3 is 0 Å². The predicted molar refractivity (Wildman–Crippen MR) is 71.2 cm³/mol. The van der Waals surface area contributed by atoms with Crippen molar-refractivity contribution in [3.63, 3.8) is 0 Å². The SMILES string of the molecule is O=C(NS(=O)(=O)CC1CCCCO1)c1ccc(F)cc1F. The van der Waals surface area contributed by atoms with Crippen LogP contribution >= 0.6 is 0 Å². The number of halogens is 2. The van der Waals surface area contributed by atoms with Crippen LogP contribution < -0.4 is 4.72 Å². The Morgan fingerprint density at radius 3 is 2.71 bits per heavy atom. The number of hydrogen-bond donors (Lipinski definition) is 1. The summed E-state index contributed by atoms with van der Waals surface area (Å²) in [5.41, 5.74) is -0.524. The molecule has 1 aromatic rings. The van der Waals surface area contributed by atoms with Crippen molar-refractivity contribution in [2.75, 3.05) is 12.4 Å². The molecule has 2 rings (SSSR count). The second-order valence-corrected chi connectivity index (χ2v) is 6.59. The van der Waals surface area contributed by atoms with E-state index in [4.69, 9.17) is 4.74 Å². The van der Waals surface area contributed by atoms with Gasteiger partial charge in [0.2, 0.25) is 10.0 Å². The van der Waals surface area contributed by atoms with Gasteiger partial charge in [0.1, 0.15) is 11.6 Å².